The third-order valence-electron chi connectivity index (χ3n) is 10.6. The number of aryl methyl sites for hydroxylation is 1. The number of hydrogen-bond acceptors (Lipinski definition) is 3. The number of amides is 2. The first-order chi connectivity index (χ1) is 24.6. The zero-order valence-corrected chi connectivity index (χ0v) is 29.5. The van der Waals surface area contributed by atoms with Crippen LogP contribution in [0.2, 0.25) is 0 Å². The molecule has 0 bridgehead atoms. The van der Waals surface area contributed by atoms with Crippen molar-refractivity contribution in [2.75, 3.05) is 32.7 Å². The number of hydrogen-bond donors (Lipinski definition) is 1. The minimum absolute atomic E-state index is 0.00505. The first-order valence-corrected chi connectivity index (χ1v) is 18.9. The Hall–Kier alpha value is -4.48. The topological polar surface area (TPSA) is 52.7 Å². The van der Waals surface area contributed by atoms with Crippen molar-refractivity contribution in [2.24, 2.45) is 11.8 Å². The molecular formula is C45H53N3O2. The van der Waals surface area contributed by atoms with Crippen LogP contribution in [0.15, 0.2) is 115 Å². The van der Waals surface area contributed by atoms with E-state index in [9.17, 15) is 9.59 Å². The Morgan fingerprint density at radius 1 is 0.700 bits per heavy atom. The molecule has 0 atom stereocenters. The van der Waals surface area contributed by atoms with E-state index in [1.807, 2.05) is 65.6 Å². The van der Waals surface area contributed by atoms with Gasteiger partial charge < -0.3 is 15.1 Å². The molecule has 2 saturated heterocycles. The minimum Gasteiger partial charge on any atom is -0.339 e. The molecule has 2 heterocycles. The van der Waals surface area contributed by atoms with Crippen molar-refractivity contribution < 1.29 is 9.59 Å². The Morgan fingerprint density at radius 2 is 1.34 bits per heavy atom. The monoisotopic (exact) mass is 667 g/mol. The predicted octanol–water partition coefficient (Wildman–Crippen LogP) is 9.05. The van der Waals surface area contributed by atoms with E-state index in [0.29, 0.717) is 13.1 Å². The molecule has 260 valence electrons. The molecule has 0 radical (unpaired) electrons. The molecular weight excluding hydrogens is 615 g/mol. The van der Waals surface area contributed by atoms with E-state index in [1.54, 1.807) is 6.08 Å². The first-order valence-electron chi connectivity index (χ1n) is 18.9. The molecule has 4 aromatic rings. The summed E-state index contributed by atoms with van der Waals surface area (Å²) < 4.78 is 0. The van der Waals surface area contributed by atoms with E-state index in [0.717, 1.165) is 78.4 Å². The Bertz CT molecular complexity index is 1670. The Morgan fingerprint density at radius 3 is 2.08 bits per heavy atom. The summed E-state index contributed by atoms with van der Waals surface area (Å²) in [5.41, 5.74) is 6.19. The number of carbonyl (C=O) groups is 2. The van der Waals surface area contributed by atoms with Crippen molar-refractivity contribution in [2.45, 2.75) is 64.3 Å². The lowest BCUT2D eigenvalue weighted by atomic mass is 9.87. The van der Waals surface area contributed by atoms with Crippen LogP contribution in [0.3, 0.4) is 0 Å². The summed E-state index contributed by atoms with van der Waals surface area (Å²) >= 11 is 0. The minimum atomic E-state index is 0.00505. The number of nitrogens with zero attached hydrogens (tertiary/aromatic N) is 2. The number of likely N-dealkylation sites (tertiary alicyclic amines) is 1. The zero-order valence-electron chi connectivity index (χ0n) is 29.5. The number of nitrogens with one attached hydrogen (secondary N) is 1. The van der Waals surface area contributed by atoms with Crippen LogP contribution >= 0.6 is 0 Å². The standard InChI is InChI=1S/C45H53N3O2/c49-44(23-22-37-13-5-2-6-14-37)48(30-10-18-36-11-3-1-4-12-36)35-40-17-8-19-41(33-40)42-20-9-21-43(34-42)45(50)47-31-26-39(27-32-47)16-7-15-38-24-28-46-29-25-38/h1-6,8-9,11-14,17,19-23,33-34,38-39,46H,7,10,15-16,18,24-32,35H2/b23-22+. The molecule has 5 nitrogen and oxygen atoms in total. The molecule has 2 fully saturated rings. The van der Waals surface area contributed by atoms with Crippen LogP contribution in [0.5, 0.6) is 0 Å². The van der Waals surface area contributed by atoms with Crippen molar-refractivity contribution in [3.05, 3.63) is 138 Å². The second kappa shape index (κ2) is 18.5. The van der Waals surface area contributed by atoms with Crippen LogP contribution in [0.4, 0.5) is 0 Å². The smallest absolute Gasteiger partial charge is 0.253 e. The lowest BCUT2D eigenvalue weighted by Gasteiger charge is -2.32. The summed E-state index contributed by atoms with van der Waals surface area (Å²) in [6.07, 6.45) is 14.3. The Balaban J connectivity index is 1.07. The zero-order chi connectivity index (χ0) is 34.4. The molecule has 0 saturated carbocycles. The summed E-state index contributed by atoms with van der Waals surface area (Å²) in [5, 5.41) is 3.47. The second-order valence-corrected chi connectivity index (χ2v) is 14.2. The maximum atomic E-state index is 13.6. The van der Waals surface area contributed by atoms with E-state index in [-0.39, 0.29) is 11.8 Å². The van der Waals surface area contributed by atoms with Crippen LogP contribution in [-0.4, -0.2) is 54.3 Å². The van der Waals surface area contributed by atoms with E-state index < -0.39 is 0 Å². The molecule has 2 amide bonds. The molecule has 50 heavy (non-hydrogen) atoms. The highest BCUT2D eigenvalue weighted by Crippen LogP contribution is 2.28. The number of carbonyl (C=O) groups excluding carboxylic acids is 2. The third kappa shape index (κ3) is 10.5. The van der Waals surface area contributed by atoms with Gasteiger partial charge in [-0.15, -0.1) is 0 Å². The van der Waals surface area contributed by atoms with Crippen LogP contribution < -0.4 is 5.32 Å². The van der Waals surface area contributed by atoms with Gasteiger partial charge >= 0.3 is 0 Å². The van der Waals surface area contributed by atoms with Crippen molar-refractivity contribution in [3.63, 3.8) is 0 Å². The normalized spacial score (nSPS) is 15.7. The van der Waals surface area contributed by atoms with E-state index in [4.69, 9.17) is 0 Å². The first kappa shape index (κ1) is 35.3. The molecule has 1 N–H and O–H groups in total. The summed E-state index contributed by atoms with van der Waals surface area (Å²) in [6.45, 7) is 5.25. The van der Waals surface area contributed by atoms with Gasteiger partial charge in [0.25, 0.3) is 5.91 Å². The summed E-state index contributed by atoms with van der Waals surface area (Å²) in [7, 11) is 0. The molecule has 0 unspecified atom stereocenters. The molecule has 0 aliphatic carbocycles. The highest BCUT2D eigenvalue weighted by Gasteiger charge is 2.24. The molecule has 4 aromatic carbocycles. The van der Waals surface area contributed by atoms with Gasteiger partial charge in [0.05, 0.1) is 0 Å². The molecule has 6 rings (SSSR count). The SMILES string of the molecule is O=C(/C=C/c1ccccc1)N(CCCc1ccccc1)Cc1cccc(-c2cccc(C(=O)N3CCC(CCCC4CCNCC4)CC3)c2)c1. The van der Waals surface area contributed by atoms with Gasteiger partial charge in [-0.05, 0) is 116 Å². The summed E-state index contributed by atoms with van der Waals surface area (Å²) in [5.74, 6) is 1.79. The molecule has 0 aromatic heterocycles. The molecule has 2 aliphatic rings. The van der Waals surface area contributed by atoms with Crippen molar-refractivity contribution in [1.82, 2.24) is 15.1 Å². The average molecular weight is 668 g/mol. The van der Waals surface area contributed by atoms with Crippen molar-refractivity contribution in [1.29, 1.82) is 0 Å². The fourth-order valence-electron chi connectivity index (χ4n) is 7.60. The Labute approximate surface area is 299 Å². The maximum Gasteiger partial charge on any atom is 0.253 e. The van der Waals surface area contributed by atoms with Gasteiger partial charge in [0.1, 0.15) is 0 Å². The molecule has 2 aliphatic heterocycles. The average Bonchev–Trinajstić information content (AvgIpc) is 3.18. The van der Waals surface area contributed by atoms with Gasteiger partial charge in [-0.2, -0.15) is 0 Å². The largest absolute Gasteiger partial charge is 0.339 e. The lowest BCUT2D eigenvalue weighted by Crippen LogP contribution is -2.38. The highest BCUT2D eigenvalue weighted by molar-refractivity contribution is 5.95. The quantitative estimate of drug-likeness (QED) is 0.137. The number of piperidine rings is 2. The van der Waals surface area contributed by atoms with Gasteiger partial charge in [-0.1, -0.05) is 110 Å². The van der Waals surface area contributed by atoms with Gasteiger partial charge in [-0.25, -0.2) is 0 Å². The van der Waals surface area contributed by atoms with Crippen LogP contribution in [0, 0.1) is 11.8 Å². The summed E-state index contributed by atoms with van der Waals surface area (Å²) in [6, 6.07) is 36.9. The fraction of sp³-hybridized carbons (Fsp3) is 0.378. The van der Waals surface area contributed by atoms with Gasteiger partial charge in [0, 0.05) is 37.8 Å². The summed E-state index contributed by atoms with van der Waals surface area (Å²) in [4.78, 5) is 31.2. The molecule has 0 spiro atoms. The van der Waals surface area contributed by atoms with Gasteiger partial charge in [-0.3, -0.25) is 9.59 Å². The number of rotatable bonds is 14. The van der Waals surface area contributed by atoms with Crippen LogP contribution in [0.1, 0.15) is 78.4 Å². The van der Waals surface area contributed by atoms with E-state index in [1.165, 1.54) is 50.8 Å². The van der Waals surface area contributed by atoms with Crippen LogP contribution in [0.25, 0.3) is 17.2 Å². The predicted molar refractivity (Wildman–Crippen MR) is 206 cm³/mol. The Kier molecular flexibility index (Phi) is 13.1. The van der Waals surface area contributed by atoms with Gasteiger partial charge in [0.15, 0.2) is 0 Å². The van der Waals surface area contributed by atoms with Gasteiger partial charge in [0.2, 0.25) is 5.91 Å². The van der Waals surface area contributed by atoms with Crippen LogP contribution in [-0.2, 0) is 17.8 Å². The second-order valence-electron chi connectivity index (χ2n) is 14.2. The van der Waals surface area contributed by atoms with Crippen molar-refractivity contribution in [3.8, 4) is 11.1 Å². The van der Waals surface area contributed by atoms with E-state index >= 15 is 0 Å². The maximum absolute atomic E-state index is 13.6. The molecule has 5 heteroatoms. The lowest BCUT2D eigenvalue weighted by molar-refractivity contribution is -0.126. The highest BCUT2D eigenvalue weighted by atomic mass is 16.2. The number of benzene rings is 4. The van der Waals surface area contributed by atoms with Crippen molar-refractivity contribution >= 4 is 17.9 Å². The third-order valence-corrected chi connectivity index (χ3v) is 10.6. The van der Waals surface area contributed by atoms with E-state index in [2.05, 4.69) is 64.8 Å². The fourth-order valence-corrected chi connectivity index (χ4v) is 7.60.